The summed E-state index contributed by atoms with van der Waals surface area (Å²) < 4.78 is 29.1. The molecule has 0 aliphatic heterocycles. The zero-order valence-electron chi connectivity index (χ0n) is 14.7. The van der Waals surface area contributed by atoms with Crippen LogP contribution in [0.2, 0.25) is 0 Å². The SMILES string of the molecule is Cc1nc2ccc(NS(=O)(=O)c3ccc(C4CCCCC4)cc3)cc2s1. The van der Waals surface area contributed by atoms with Crippen molar-refractivity contribution in [2.24, 2.45) is 0 Å². The van der Waals surface area contributed by atoms with Crippen molar-refractivity contribution < 1.29 is 8.42 Å². The van der Waals surface area contributed by atoms with Crippen LogP contribution in [-0.4, -0.2) is 13.4 Å². The van der Waals surface area contributed by atoms with Gasteiger partial charge in [0.25, 0.3) is 10.0 Å². The first-order valence-corrected chi connectivity index (χ1v) is 11.3. The van der Waals surface area contributed by atoms with Gasteiger partial charge in [0.15, 0.2) is 0 Å². The van der Waals surface area contributed by atoms with Gasteiger partial charge in [0, 0.05) is 0 Å². The van der Waals surface area contributed by atoms with E-state index in [1.807, 2.05) is 31.2 Å². The Morgan fingerprint density at radius 2 is 1.77 bits per heavy atom. The molecule has 1 aliphatic rings. The molecule has 1 N–H and O–H groups in total. The van der Waals surface area contributed by atoms with Crippen LogP contribution in [0.3, 0.4) is 0 Å². The number of benzene rings is 2. The number of anilines is 1. The molecule has 0 spiro atoms. The third-order valence-corrected chi connectivity index (χ3v) is 7.35. The van der Waals surface area contributed by atoms with Crippen molar-refractivity contribution in [1.29, 1.82) is 0 Å². The fourth-order valence-electron chi connectivity index (χ4n) is 3.67. The van der Waals surface area contributed by atoms with E-state index >= 15 is 0 Å². The topological polar surface area (TPSA) is 59.1 Å². The van der Waals surface area contributed by atoms with Crippen molar-refractivity contribution in [3.05, 3.63) is 53.0 Å². The fourth-order valence-corrected chi connectivity index (χ4v) is 5.59. The van der Waals surface area contributed by atoms with Crippen LogP contribution < -0.4 is 4.72 Å². The lowest BCUT2D eigenvalue weighted by atomic mass is 9.84. The Morgan fingerprint density at radius 1 is 1.04 bits per heavy atom. The summed E-state index contributed by atoms with van der Waals surface area (Å²) in [5, 5.41) is 0.971. The van der Waals surface area contributed by atoms with Crippen LogP contribution >= 0.6 is 11.3 Å². The van der Waals surface area contributed by atoms with Gasteiger partial charge in [-0.3, -0.25) is 4.72 Å². The third kappa shape index (κ3) is 3.62. The van der Waals surface area contributed by atoms with Crippen LogP contribution in [0.5, 0.6) is 0 Å². The number of nitrogens with one attached hydrogen (secondary N) is 1. The normalized spacial score (nSPS) is 16.0. The van der Waals surface area contributed by atoms with E-state index in [2.05, 4.69) is 9.71 Å². The van der Waals surface area contributed by atoms with Gasteiger partial charge in [0.05, 0.1) is 25.8 Å². The maximum Gasteiger partial charge on any atom is 0.261 e. The molecule has 4 nitrogen and oxygen atoms in total. The first kappa shape index (κ1) is 17.5. The van der Waals surface area contributed by atoms with E-state index in [1.54, 1.807) is 29.5 Å². The highest BCUT2D eigenvalue weighted by Gasteiger charge is 2.18. The molecule has 2 aromatic carbocycles. The quantitative estimate of drug-likeness (QED) is 0.648. The summed E-state index contributed by atoms with van der Waals surface area (Å²) in [5.41, 5.74) is 2.72. The lowest BCUT2D eigenvalue weighted by Gasteiger charge is -2.22. The van der Waals surface area contributed by atoms with Crippen LogP contribution in [-0.2, 0) is 10.0 Å². The minimum absolute atomic E-state index is 0.303. The van der Waals surface area contributed by atoms with Gasteiger partial charge in [-0.1, -0.05) is 31.4 Å². The summed E-state index contributed by atoms with van der Waals surface area (Å²) in [7, 11) is -3.59. The second-order valence-electron chi connectivity index (χ2n) is 6.92. The van der Waals surface area contributed by atoms with Gasteiger partial charge in [-0.05, 0) is 61.6 Å². The number of hydrogen-bond donors (Lipinski definition) is 1. The van der Waals surface area contributed by atoms with Gasteiger partial charge >= 0.3 is 0 Å². The van der Waals surface area contributed by atoms with E-state index in [4.69, 9.17) is 0 Å². The van der Waals surface area contributed by atoms with Gasteiger partial charge in [-0.25, -0.2) is 13.4 Å². The zero-order chi connectivity index (χ0) is 18.1. The van der Waals surface area contributed by atoms with Crippen molar-refractivity contribution in [2.45, 2.75) is 49.8 Å². The number of thiazole rings is 1. The van der Waals surface area contributed by atoms with Crippen molar-refractivity contribution in [3.8, 4) is 0 Å². The maximum absolute atomic E-state index is 12.7. The van der Waals surface area contributed by atoms with Gasteiger partial charge in [0.1, 0.15) is 0 Å². The van der Waals surface area contributed by atoms with Crippen LogP contribution in [0.25, 0.3) is 10.2 Å². The molecular weight excluding hydrogens is 364 g/mol. The van der Waals surface area contributed by atoms with Crippen molar-refractivity contribution in [2.75, 3.05) is 4.72 Å². The highest BCUT2D eigenvalue weighted by atomic mass is 32.2. The Morgan fingerprint density at radius 3 is 2.50 bits per heavy atom. The number of fused-ring (bicyclic) bond motifs is 1. The molecule has 1 fully saturated rings. The molecule has 0 unspecified atom stereocenters. The number of sulfonamides is 1. The smallest absolute Gasteiger partial charge is 0.261 e. The molecule has 0 bridgehead atoms. The minimum atomic E-state index is -3.59. The van der Waals surface area contributed by atoms with Crippen molar-refractivity contribution >= 4 is 37.3 Å². The van der Waals surface area contributed by atoms with E-state index in [0.29, 0.717) is 16.5 Å². The Bertz CT molecular complexity index is 1020. The largest absolute Gasteiger partial charge is 0.280 e. The molecule has 136 valence electrons. The number of aromatic nitrogens is 1. The molecule has 0 radical (unpaired) electrons. The Hall–Kier alpha value is -1.92. The number of aryl methyl sites for hydroxylation is 1. The van der Waals surface area contributed by atoms with Gasteiger partial charge in [-0.15, -0.1) is 11.3 Å². The lowest BCUT2D eigenvalue weighted by molar-refractivity contribution is 0.443. The molecule has 3 aromatic rings. The Balaban J connectivity index is 1.55. The molecule has 1 aromatic heterocycles. The number of rotatable bonds is 4. The predicted molar refractivity (Wildman–Crippen MR) is 107 cm³/mol. The second-order valence-corrected chi connectivity index (χ2v) is 9.84. The highest BCUT2D eigenvalue weighted by molar-refractivity contribution is 7.92. The maximum atomic E-state index is 12.7. The van der Waals surface area contributed by atoms with Crippen LogP contribution in [0.15, 0.2) is 47.4 Å². The summed E-state index contributed by atoms with van der Waals surface area (Å²) in [6.07, 6.45) is 6.27. The van der Waals surface area contributed by atoms with E-state index < -0.39 is 10.0 Å². The van der Waals surface area contributed by atoms with Crippen LogP contribution in [0.1, 0.15) is 48.6 Å². The molecule has 6 heteroatoms. The monoisotopic (exact) mass is 386 g/mol. The van der Waals surface area contributed by atoms with E-state index in [0.717, 1.165) is 15.2 Å². The zero-order valence-corrected chi connectivity index (χ0v) is 16.4. The Labute approximate surface area is 158 Å². The summed E-state index contributed by atoms with van der Waals surface area (Å²) in [5.74, 6) is 0.574. The fraction of sp³-hybridized carbons (Fsp3) is 0.350. The first-order valence-electron chi connectivity index (χ1n) is 9.01. The van der Waals surface area contributed by atoms with Crippen LogP contribution in [0.4, 0.5) is 5.69 Å². The summed E-state index contributed by atoms with van der Waals surface area (Å²) in [6, 6.07) is 12.8. The minimum Gasteiger partial charge on any atom is -0.280 e. The second kappa shape index (κ2) is 7.00. The number of hydrogen-bond acceptors (Lipinski definition) is 4. The lowest BCUT2D eigenvalue weighted by Crippen LogP contribution is -2.13. The molecule has 1 aliphatic carbocycles. The first-order chi connectivity index (χ1) is 12.5. The molecular formula is C20H22N2O2S2. The molecule has 26 heavy (non-hydrogen) atoms. The molecule has 1 heterocycles. The predicted octanol–water partition coefficient (Wildman–Crippen LogP) is 5.45. The van der Waals surface area contributed by atoms with Gasteiger partial charge in [0.2, 0.25) is 0 Å². The average Bonchev–Trinajstić information content (AvgIpc) is 3.01. The van der Waals surface area contributed by atoms with E-state index in [1.165, 1.54) is 37.7 Å². The molecule has 4 rings (SSSR count). The molecule has 1 saturated carbocycles. The molecule has 0 amide bonds. The molecule has 0 saturated heterocycles. The summed E-state index contributed by atoms with van der Waals surface area (Å²) >= 11 is 1.56. The molecule has 0 atom stereocenters. The summed E-state index contributed by atoms with van der Waals surface area (Å²) in [4.78, 5) is 4.71. The summed E-state index contributed by atoms with van der Waals surface area (Å²) in [6.45, 7) is 1.95. The Kier molecular flexibility index (Phi) is 4.71. The number of nitrogens with zero attached hydrogens (tertiary/aromatic N) is 1. The van der Waals surface area contributed by atoms with Gasteiger partial charge < -0.3 is 0 Å². The van der Waals surface area contributed by atoms with E-state index in [9.17, 15) is 8.42 Å². The van der Waals surface area contributed by atoms with Crippen molar-refractivity contribution in [1.82, 2.24) is 4.98 Å². The van der Waals surface area contributed by atoms with Gasteiger partial charge in [-0.2, -0.15) is 0 Å². The van der Waals surface area contributed by atoms with Crippen LogP contribution in [0, 0.1) is 6.92 Å². The highest BCUT2D eigenvalue weighted by Crippen LogP contribution is 2.33. The third-order valence-electron chi connectivity index (χ3n) is 5.01. The van der Waals surface area contributed by atoms with E-state index in [-0.39, 0.29) is 0 Å². The standard InChI is InChI=1S/C20H22N2O2S2/c1-14-21-19-12-9-17(13-20(19)25-14)22-26(23,24)18-10-7-16(8-11-18)15-5-3-2-4-6-15/h7-13,15,22H,2-6H2,1H3. The average molecular weight is 387 g/mol. The van der Waals surface area contributed by atoms with Crippen molar-refractivity contribution in [3.63, 3.8) is 0 Å².